The smallest absolute Gasteiger partial charge is 0.225 e. The van der Waals surface area contributed by atoms with Crippen LogP contribution in [0.3, 0.4) is 0 Å². The molecule has 0 amide bonds. The molecule has 1 aromatic carbocycles. The summed E-state index contributed by atoms with van der Waals surface area (Å²) in [5.74, 6) is 1.77. The van der Waals surface area contributed by atoms with E-state index in [1.54, 1.807) is 7.11 Å². The maximum atomic E-state index is 5.90. The van der Waals surface area contributed by atoms with Crippen LogP contribution in [0.5, 0.6) is 5.75 Å². The lowest BCUT2D eigenvalue weighted by Crippen LogP contribution is -2.32. The standard InChI is InChI=1S/C22H30N4O2/c1-27-20-7-4-6-18(14-20)15-25(17-21-8-5-13-28-21)16-19-9-10-23-22(24-19)26-11-2-3-12-26/h4,6-7,9-10,14,21H,2-3,5,8,11-13,15-17H2,1H3/t21-/m0/s1. The second-order valence-electron chi connectivity index (χ2n) is 7.70. The minimum Gasteiger partial charge on any atom is -0.497 e. The van der Waals surface area contributed by atoms with E-state index in [0.29, 0.717) is 6.10 Å². The molecule has 6 nitrogen and oxygen atoms in total. The van der Waals surface area contributed by atoms with Gasteiger partial charge in [-0.2, -0.15) is 0 Å². The average Bonchev–Trinajstić information content (AvgIpc) is 3.42. The highest BCUT2D eigenvalue weighted by Gasteiger charge is 2.21. The van der Waals surface area contributed by atoms with Crippen LogP contribution < -0.4 is 9.64 Å². The Bertz CT molecular complexity index is 758. The van der Waals surface area contributed by atoms with Crippen molar-refractivity contribution in [2.75, 3.05) is 38.3 Å². The molecule has 0 bridgehead atoms. The number of rotatable bonds is 8. The van der Waals surface area contributed by atoms with Crippen LogP contribution in [0.2, 0.25) is 0 Å². The van der Waals surface area contributed by atoms with E-state index in [0.717, 1.165) is 69.6 Å². The van der Waals surface area contributed by atoms with E-state index >= 15 is 0 Å². The molecule has 6 heteroatoms. The summed E-state index contributed by atoms with van der Waals surface area (Å²) in [5, 5.41) is 0. The fourth-order valence-electron chi connectivity index (χ4n) is 4.06. The van der Waals surface area contributed by atoms with E-state index in [9.17, 15) is 0 Å². The summed E-state index contributed by atoms with van der Waals surface area (Å²) in [6, 6.07) is 10.3. The molecule has 0 spiro atoms. The average molecular weight is 383 g/mol. The summed E-state index contributed by atoms with van der Waals surface area (Å²) >= 11 is 0. The van der Waals surface area contributed by atoms with Crippen LogP contribution in [-0.4, -0.2) is 54.3 Å². The largest absolute Gasteiger partial charge is 0.497 e. The molecule has 0 radical (unpaired) electrons. The van der Waals surface area contributed by atoms with Gasteiger partial charge >= 0.3 is 0 Å². The van der Waals surface area contributed by atoms with Crippen molar-refractivity contribution >= 4 is 5.95 Å². The minimum absolute atomic E-state index is 0.311. The first kappa shape index (κ1) is 19.2. The van der Waals surface area contributed by atoms with Crippen LogP contribution in [0.25, 0.3) is 0 Å². The van der Waals surface area contributed by atoms with Gasteiger partial charge in [-0.05, 0) is 49.4 Å². The first-order valence-electron chi connectivity index (χ1n) is 10.3. The molecule has 1 atom stereocenters. The molecule has 0 saturated carbocycles. The molecule has 0 N–H and O–H groups in total. The van der Waals surface area contributed by atoms with Crippen molar-refractivity contribution in [1.29, 1.82) is 0 Å². The predicted molar refractivity (Wildman–Crippen MR) is 110 cm³/mol. The fraction of sp³-hybridized carbons (Fsp3) is 0.545. The van der Waals surface area contributed by atoms with Crippen molar-refractivity contribution in [1.82, 2.24) is 14.9 Å². The number of ether oxygens (including phenoxy) is 2. The molecular weight excluding hydrogens is 352 g/mol. The lowest BCUT2D eigenvalue weighted by Gasteiger charge is -2.25. The maximum absolute atomic E-state index is 5.90. The van der Waals surface area contributed by atoms with Crippen molar-refractivity contribution in [3.05, 3.63) is 47.8 Å². The van der Waals surface area contributed by atoms with Gasteiger partial charge in [-0.15, -0.1) is 0 Å². The number of methoxy groups -OCH3 is 1. The van der Waals surface area contributed by atoms with Gasteiger partial charge < -0.3 is 14.4 Å². The zero-order valence-electron chi connectivity index (χ0n) is 16.7. The second-order valence-corrected chi connectivity index (χ2v) is 7.70. The van der Waals surface area contributed by atoms with Crippen LogP contribution >= 0.6 is 0 Å². The van der Waals surface area contributed by atoms with Gasteiger partial charge in [0, 0.05) is 45.5 Å². The SMILES string of the molecule is COc1cccc(CN(Cc2ccnc(N3CCCC3)n2)C[C@@H]2CCCO2)c1. The predicted octanol–water partition coefficient (Wildman–Crippen LogP) is 3.27. The van der Waals surface area contributed by atoms with Crippen LogP contribution in [0.4, 0.5) is 5.95 Å². The van der Waals surface area contributed by atoms with Gasteiger partial charge in [0.25, 0.3) is 0 Å². The molecule has 2 aromatic rings. The van der Waals surface area contributed by atoms with E-state index in [1.807, 2.05) is 18.3 Å². The van der Waals surface area contributed by atoms with Gasteiger partial charge in [0.2, 0.25) is 5.95 Å². The summed E-state index contributed by atoms with van der Waals surface area (Å²) in [6.07, 6.45) is 6.96. The van der Waals surface area contributed by atoms with E-state index < -0.39 is 0 Å². The van der Waals surface area contributed by atoms with E-state index in [4.69, 9.17) is 14.5 Å². The van der Waals surface area contributed by atoms with Crippen LogP contribution in [0.15, 0.2) is 36.5 Å². The van der Waals surface area contributed by atoms with E-state index in [-0.39, 0.29) is 0 Å². The lowest BCUT2D eigenvalue weighted by molar-refractivity contribution is 0.0674. The topological polar surface area (TPSA) is 50.7 Å². The summed E-state index contributed by atoms with van der Waals surface area (Å²) in [6.45, 7) is 5.56. The monoisotopic (exact) mass is 382 g/mol. The van der Waals surface area contributed by atoms with E-state index in [1.165, 1.54) is 18.4 Å². The normalized spacial score (nSPS) is 19.5. The third kappa shape index (κ3) is 5.00. The molecule has 28 heavy (non-hydrogen) atoms. The van der Waals surface area contributed by atoms with Gasteiger partial charge in [0.15, 0.2) is 0 Å². The summed E-state index contributed by atoms with van der Waals surface area (Å²) in [4.78, 5) is 14.1. The van der Waals surface area contributed by atoms with Crippen LogP contribution in [-0.2, 0) is 17.8 Å². The molecule has 2 aliphatic rings. The number of nitrogens with zero attached hydrogens (tertiary/aromatic N) is 4. The minimum atomic E-state index is 0.311. The quantitative estimate of drug-likeness (QED) is 0.698. The Labute approximate surface area is 167 Å². The van der Waals surface area contributed by atoms with Crippen molar-refractivity contribution in [2.24, 2.45) is 0 Å². The molecule has 0 unspecified atom stereocenters. The first-order valence-corrected chi connectivity index (χ1v) is 10.3. The highest BCUT2D eigenvalue weighted by molar-refractivity contribution is 5.31. The van der Waals surface area contributed by atoms with Gasteiger partial charge in [0.05, 0.1) is 18.9 Å². The van der Waals surface area contributed by atoms with Gasteiger partial charge in [-0.1, -0.05) is 12.1 Å². The molecule has 2 aliphatic heterocycles. The summed E-state index contributed by atoms with van der Waals surface area (Å²) < 4.78 is 11.3. The lowest BCUT2D eigenvalue weighted by atomic mass is 10.1. The van der Waals surface area contributed by atoms with Crippen LogP contribution in [0, 0.1) is 0 Å². The van der Waals surface area contributed by atoms with Gasteiger partial charge in [-0.3, -0.25) is 4.90 Å². The number of aromatic nitrogens is 2. The van der Waals surface area contributed by atoms with Crippen molar-refractivity contribution < 1.29 is 9.47 Å². The molecule has 3 heterocycles. The number of benzene rings is 1. The Hall–Kier alpha value is -2.18. The molecular formula is C22H30N4O2. The third-order valence-corrected chi connectivity index (χ3v) is 5.50. The molecule has 2 fully saturated rings. The highest BCUT2D eigenvalue weighted by Crippen LogP contribution is 2.20. The first-order chi connectivity index (χ1) is 13.8. The Balaban J connectivity index is 1.48. The molecule has 1 aromatic heterocycles. The second kappa shape index (κ2) is 9.34. The third-order valence-electron chi connectivity index (χ3n) is 5.50. The number of hydrogen-bond donors (Lipinski definition) is 0. The zero-order valence-corrected chi connectivity index (χ0v) is 16.7. The Morgan fingerprint density at radius 3 is 2.86 bits per heavy atom. The Morgan fingerprint density at radius 2 is 2.07 bits per heavy atom. The van der Waals surface area contributed by atoms with Crippen molar-refractivity contribution in [3.8, 4) is 5.75 Å². The number of hydrogen-bond acceptors (Lipinski definition) is 6. The molecule has 150 valence electrons. The van der Waals surface area contributed by atoms with Crippen LogP contribution in [0.1, 0.15) is 36.9 Å². The Kier molecular flexibility index (Phi) is 6.39. The van der Waals surface area contributed by atoms with Gasteiger partial charge in [-0.25, -0.2) is 9.97 Å². The molecule has 2 saturated heterocycles. The number of anilines is 1. The fourth-order valence-corrected chi connectivity index (χ4v) is 4.06. The van der Waals surface area contributed by atoms with Gasteiger partial charge in [0.1, 0.15) is 5.75 Å². The molecule has 0 aliphatic carbocycles. The van der Waals surface area contributed by atoms with Crippen molar-refractivity contribution in [3.63, 3.8) is 0 Å². The summed E-state index contributed by atoms with van der Waals surface area (Å²) in [7, 11) is 1.71. The summed E-state index contributed by atoms with van der Waals surface area (Å²) in [5.41, 5.74) is 2.31. The maximum Gasteiger partial charge on any atom is 0.225 e. The van der Waals surface area contributed by atoms with E-state index in [2.05, 4.69) is 33.0 Å². The van der Waals surface area contributed by atoms with Crippen molar-refractivity contribution in [2.45, 2.75) is 44.9 Å². The molecule has 4 rings (SSSR count). The zero-order chi connectivity index (χ0) is 19.2. The Morgan fingerprint density at radius 1 is 1.18 bits per heavy atom. The highest BCUT2D eigenvalue weighted by atomic mass is 16.5.